The van der Waals surface area contributed by atoms with Gasteiger partial charge in [0.2, 0.25) is 0 Å². The molecule has 7 heteroatoms. The van der Waals surface area contributed by atoms with Gasteiger partial charge in [-0.15, -0.1) is 23.7 Å². The molecule has 0 spiro atoms. The number of carbonyl (C=O) groups excluding carboxylic acids is 1. The van der Waals surface area contributed by atoms with Gasteiger partial charge in [0, 0.05) is 30.1 Å². The zero-order valence-corrected chi connectivity index (χ0v) is 14.7. The van der Waals surface area contributed by atoms with E-state index in [1.807, 2.05) is 4.90 Å². The van der Waals surface area contributed by atoms with Crippen LogP contribution in [-0.4, -0.2) is 34.9 Å². The van der Waals surface area contributed by atoms with E-state index in [1.54, 1.807) is 23.6 Å². The molecular formula is C17H19ClFN3OS. The highest BCUT2D eigenvalue weighted by Crippen LogP contribution is 2.37. The number of rotatable bonds is 2. The van der Waals surface area contributed by atoms with E-state index in [2.05, 4.69) is 4.98 Å². The molecule has 0 bridgehead atoms. The smallest absolute Gasteiger partial charge is 0.273 e. The monoisotopic (exact) mass is 367 g/mol. The van der Waals surface area contributed by atoms with E-state index >= 15 is 0 Å². The molecule has 2 aromatic rings. The Morgan fingerprint density at radius 1 is 1.29 bits per heavy atom. The molecule has 3 unspecified atom stereocenters. The lowest BCUT2D eigenvalue weighted by Gasteiger charge is -2.17. The predicted molar refractivity (Wildman–Crippen MR) is 94.8 cm³/mol. The Labute approximate surface area is 150 Å². The highest BCUT2D eigenvalue weighted by Gasteiger charge is 2.42. The Morgan fingerprint density at radius 2 is 2.08 bits per heavy atom. The number of hydrogen-bond acceptors (Lipinski definition) is 4. The lowest BCUT2D eigenvalue weighted by molar-refractivity contribution is 0.0774. The summed E-state index contributed by atoms with van der Waals surface area (Å²) in [5.41, 5.74) is 6.97. The lowest BCUT2D eigenvalue weighted by atomic mass is 9.98. The van der Waals surface area contributed by atoms with Crippen molar-refractivity contribution in [3.63, 3.8) is 0 Å². The fourth-order valence-electron chi connectivity index (χ4n) is 3.77. The summed E-state index contributed by atoms with van der Waals surface area (Å²) in [6, 6.07) is 6.71. The van der Waals surface area contributed by atoms with Crippen molar-refractivity contribution in [3.8, 4) is 10.6 Å². The predicted octanol–water partition coefficient (Wildman–Crippen LogP) is 3.18. The number of nitrogens with two attached hydrogens (primary N) is 1. The van der Waals surface area contributed by atoms with Crippen LogP contribution < -0.4 is 5.73 Å². The van der Waals surface area contributed by atoms with Crippen LogP contribution in [-0.2, 0) is 0 Å². The van der Waals surface area contributed by atoms with Crippen molar-refractivity contribution < 1.29 is 9.18 Å². The topological polar surface area (TPSA) is 59.2 Å². The zero-order chi connectivity index (χ0) is 16.0. The van der Waals surface area contributed by atoms with Gasteiger partial charge in [0.05, 0.1) is 0 Å². The number of aromatic nitrogens is 1. The van der Waals surface area contributed by atoms with E-state index in [-0.39, 0.29) is 30.2 Å². The average molecular weight is 368 g/mol. The van der Waals surface area contributed by atoms with Crippen LogP contribution in [0.25, 0.3) is 10.6 Å². The molecule has 128 valence electrons. The Balaban J connectivity index is 0.00000169. The lowest BCUT2D eigenvalue weighted by Crippen LogP contribution is -2.33. The normalized spacial score (nSPS) is 25.4. The first-order valence-corrected chi connectivity index (χ1v) is 8.76. The third kappa shape index (κ3) is 2.94. The van der Waals surface area contributed by atoms with Crippen molar-refractivity contribution in [2.45, 2.75) is 18.9 Å². The molecule has 2 fully saturated rings. The summed E-state index contributed by atoms with van der Waals surface area (Å²) in [7, 11) is 0. The van der Waals surface area contributed by atoms with Crippen LogP contribution >= 0.6 is 23.7 Å². The SMILES string of the molecule is Cl.NC1CCC2CN(C(=O)c3csc(-c4ccccc4F)n3)CC12. The Hall–Kier alpha value is -1.50. The van der Waals surface area contributed by atoms with Crippen LogP contribution in [0, 0.1) is 17.7 Å². The van der Waals surface area contributed by atoms with Crippen molar-refractivity contribution in [1.82, 2.24) is 9.88 Å². The number of likely N-dealkylation sites (tertiary alicyclic amines) is 1. The molecule has 1 aliphatic heterocycles. The first-order valence-electron chi connectivity index (χ1n) is 7.89. The molecule has 4 rings (SSSR count). The minimum Gasteiger partial charge on any atom is -0.337 e. The van der Waals surface area contributed by atoms with Crippen molar-refractivity contribution in [2.24, 2.45) is 17.6 Å². The number of thiazole rings is 1. The third-order valence-electron chi connectivity index (χ3n) is 5.03. The number of halogens is 2. The second kappa shape index (κ2) is 6.78. The maximum atomic E-state index is 13.8. The van der Waals surface area contributed by atoms with Crippen LogP contribution in [0.5, 0.6) is 0 Å². The van der Waals surface area contributed by atoms with E-state index in [4.69, 9.17) is 5.73 Å². The fourth-order valence-corrected chi connectivity index (χ4v) is 4.59. The summed E-state index contributed by atoms with van der Waals surface area (Å²) < 4.78 is 13.8. The van der Waals surface area contributed by atoms with E-state index in [0.29, 0.717) is 28.1 Å². The largest absolute Gasteiger partial charge is 0.337 e. The van der Waals surface area contributed by atoms with Crippen molar-refractivity contribution in [2.75, 3.05) is 13.1 Å². The summed E-state index contributed by atoms with van der Waals surface area (Å²) in [4.78, 5) is 18.9. The van der Waals surface area contributed by atoms with Crippen molar-refractivity contribution >= 4 is 29.7 Å². The summed E-state index contributed by atoms with van der Waals surface area (Å²) in [6.07, 6.45) is 2.17. The Morgan fingerprint density at radius 3 is 2.83 bits per heavy atom. The molecular weight excluding hydrogens is 349 g/mol. The molecule has 3 atom stereocenters. The van der Waals surface area contributed by atoms with Gasteiger partial charge < -0.3 is 10.6 Å². The van der Waals surface area contributed by atoms with Crippen LogP contribution in [0.2, 0.25) is 0 Å². The van der Waals surface area contributed by atoms with Crippen molar-refractivity contribution in [3.05, 3.63) is 41.2 Å². The first-order chi connectivity index (χ1) is 11.1. The quantitative estimate of drug-likeness (QED) is 0.886. The maximum absolute atomic E-state index is 13.8. The van der Waals surface area contributed by atoms with Gasteiger partial charge in [-0.1, -0.05) is 12.1 Å². The van der Waals surface area contributed by atoms with Gasteiger partial charge in [0.1, 0.15) is 16.5 Å². The van der Waals surface area contributed by atoms with Crippen LogP contribution in [0.4, 0.5) is 4.39 Å². The van der Waals surface area contributed by atoms with E-state index in [9.17, 15) is 9.18 Å². The molecule has 1 aromatic carbocycles. The number of hydrogen-bond donors (Lipinski definition) is 1. The van der Waals surface area contributed by atoms with Crippen LogP contribution in [0.1, 0.15) is 23.3 Å². The summed E-state index contributed by atoms with van der Waals surface area (Å²) >= 11 is 1.30. The van der Waals surface area contributed by atoms with Crippen LogP contribution in [0.15, 0.2) is 29.6 Å². The Bertz CT molecular complexity index is 753. The molecule has 1 saturated heterocycles. The minimum atomic E-state index is -0.317. The first kappa shape index (κ1) is 17.3. The number of nitrogens with zero attached hydrogens (tertiary/aromatic N) is 2. The maximum Gasteiger partial charge on any atom is 0.273 e. The molecule has 2 N–H and O–H groups in total. The second-order valence-corrected chi connectivity index (χ2v) is 7.25. The summed E-state index contributed by atoms with van der Waals surface area (Å²) in [5, 5.41) is 2.26. The molecule has 1 amide bonds. The fraction of sp³-hybridized carbons (Fsp3) is 0.412. The number of fused-ring (bicyclic) bond motifs is 1. The highest BCUT2D eigenvalue weighted by molar-refractivity contribution is 7.13. The number of amides is 1. The summed E-state index contributed by atoms with van der Waals surface area (Å²) in [6.45, 7) is 1.49. The molecule has 24 heavy (non-hydrogen) atoms. The van der Waals surface area contributed by atoms with Gasteiger partial charge in [-0.25, -0.2) is 9.37 Å². The minimum absolute atomic E-state index is 0. The van der Waals surface area contributed by atoms with Crippen molar-refractivity contribution in [1.29, 1.82) is 0 Å². The molecule has 1 aliphatic carbocycles. The van der Waals surface area contributed by atoms with Gasteiger partial charge in [-0.2, -0.15) is 0 Å². The molecule has 2 aliphatic rings. The van der Waals surface area contributed by atoms with E-state index < -0.39 is 0 Å². The molecule has 1 aromatic heterocycles. The average Bonchev–Trinajstić information content (AvgIpc) is 3.25. The van der Waals surface area contributed by atoms with Gasteiger partial charge in [-0.05, 0) is 36.8 Å². The van der Waals surface area contributed by atoms with Gasteiger partial charge in [-0.3, -0.25) is 4.79 Å². The van der Waals surface area contributed by atoms with E-state index in [1.165, 1.54) is 17.4 Å². The zero-order valence-electron chi connectivity index (χ0n) is 13.0. The van der Waals surface area contributed by atoms with E-state index in [0.717, 1.165) is 25.9 Å². The summed E-state index contributed by atoms with van der Waals surface area (Å²) in [5.74, 6) is 0.565. The second-order valence-electron chi connectivity index (χ2n) is 6.39. The third-order valence-corrected chi connectivity index (χ3v) is 5.90. The Kier molecular flexibility index (Phi) is 4.90. The molecule has 1 saturated carbocycles. The highest BCUT2D eigenvalue weighted by atomic mass is 35.5. The number of carbonyl (C=O) groups is 1. The standard InChI is InChI=1S/C17H18FN3OS.ClH/c18-13-4-2-1-3-11(13)16-20-15(9-23-16)17(22)21-7-10-5-6-14(19)12(10)8-21;/h1-4,9-10,12,14H,5-8,19H2;1H. The molecule has 2 heterocycles. The molecule has 4 nitrogen and oxygen atoms in total. The number of benzene rings is 1. The van der Waals surface area contributed by atoms with Gasteiger partial charge in [0.25, 0.3) is 5.91 Å². The van der Waals surface area contributed by atoms with Gasteiger partial charge in [0.15, 0.2) is 0 Å². The van der Waals surface area contributed by atoms with Crippen LogP contribution in [0.3, 0.4) is 0 Å². The van der Waals surface area contributed by atoms with Gasteiger partial charge >= 0.3 is 0 Å². The molecule has 0 radical (unpaired) electrons.